The quantitative estimate of drug-likeness (QED) is 0.232. The third kappa shape index (κ3) is 8.60. The Kier molecular flexibility index (Phi) is 9.81. The number of aliphatic hydroxyl groups is 2. The lowest BCUT2D eigenvalue weighted by molar-refractivity contribution is 0.0786. The number of nitrogens with zero attached hydrogens (tertiary/aromatic N) is 3. The number of aryl methyl sites for hydroxylation is 1. The summed E-state index contributed by atoms with van der Waals surface area (Å²) in [6, 6.07) is 15.6. The van der Waals surface area contributed by atoms with Crippen molar-refractivity contribution in [3.63, 3.8) is 0 Å². The molecule has 0 unspecified atom stereocenters. The van der Waals surface area contributed by atoms with Gasteiger partial charge in [0.1, 0.15) is 0 Å². The Morgan fingerprint density at radius 2 is 1.73 bits per heavy atom. The molecule has 1 aromatic heterocycles. The Hall–Kier alpha value is -3.30. The minimum absolute atomic E-state index is 0.0137. The summed E-state index contributed by atoms with van der Waals surface area (Å²) in [6.45, 7) is 6.82. The predicted octanol–water partition coefficient (Wildman–Crippen LogP) is 6.40. The highest BCUT2D eigenvalue weighted by molar-refractivity contribution is 5.93. The number of halogens is 1. The number of urea groups is 1. The molecule has 2 amide bonds. The van der Waals surface area contributed by atoms with Crippen molar-refractivity contribution >= 4 is 11.7 Å². The minimum Gasteiger partial charge on any atom is -0.393 e. The molecule has 9 heteroatoms. The van der Waals surface area contributed by atoms with Gasteiger partial charge in [0.25, 0.3) is 5.89 Å². The van der Waals surface area contributed by atoms with Crippen LogP contribution in [-0.2, 0) is 17.7 Å². The monoisotopic (exact) mass is 566 g/mol. The summed E-state index contributed by atoms with van der Waals surface area (Å²) < 4.78 is 19.1. The first-order chi connectivity index (χ1) is 19.4. The second kappa shape index (κ2) is 13.1. The van der Waals surface area contributed by atoms with Crippen molar-refractivity contribution in [1.29, 1.82) is 0 Å². The minimum atomic E-state index is -1.67. The molecule has 3 N–H and O–H groups in total. The molecule has 3 aromatic rings. The third-order valence-electron chi connectivity index (χ3n) is 7.61. The maximum absolute atomic E-state index is 14.0. The molecule has 1 aliphatic rings. The van der Waals surface area contributed by atoms with Gasteiger partial charge in [0.2, 0.25) is 0 Å². The number of anilines is 1. The maximum atomic E-state index is 14.0. The molecule has 1 fully saturated rings. The first-order valence-corrected chi connectivity index (χ1v) is 14.6. The Labute approximate surface area is 242 Å². The van der Waals surface area contributed by atoms with Gasteiger partial charge in [-0.15, -0.1) is 0 Å². The molecule has 8 nitrogen and oxygen atoms in total. The van der Waals surface area contributed by atoms with Crippen LogP contribution in [0.2, 0.25) is 0 Å². The van der Waals surface area contributed by atoms with Crippen LogP contribution in [0.4, 0.5) is 14.9 Å². The number of benzene rings is 2. The van der Waals surface area contributed by atoms with E-state index in [-0.39, 0.29) is 24.1 Å². The van der Waals surface area contributed by atoms with Crippen molar-refractivity contribution in [3.8, 4) is 11.1 Å². The number of aromatic nitrogens is 2. The molecule has 1 heterocycles. The van der Waals surface area contributed by atoms with Crippen LogP contribution in [0.15, 0.2) is 53.1 Å². The molecule has 1 aliphatic carbocycles. The zero-order valence-corrected chi connectivity index (χ0v) is 24.6. The van der Waals surface area contributed by atoms with Crippen molar-refractivity contribution in [1.82, 2.24) is 15.5 Å². The van der Waals surface area contributed by atoms with Crippen molar-refractivity contribution in [2.24, 2.45) is 0 Å². The molecule has 0 spiro atoms. The number of nitrogens with one attached hydrogen (secondary N) is 1. The second-order valence-electron chi connectivity index (χ2n) is 12.1. The van der Waals surface area contributed by atoms with E-state index in [0.717, 1.165) is 54.5 Å². The summed E-state index contributed by atoms with van der Waals surface area (Å²) in [6.07, 6.45) is 5.58. The molecule has 4 rings (SSSR count). The molecule has 0 aliphatic heterocycles. The second-order valence-corrected chi connectivity index (χ2v) is 12.1. The zero-order chi connectivity index (χ0) is 29.6. The van der Waals surface area contributed by atoms with Crippen molar-refractivity contribution in [3.05, 3.63) is 65.8 Å². The fraction of sp³-hybridized carbons (Fsp3) is 0.531. The molecular weight excluding hydrogens is 523 g/mol. The first-order valence-electron chi connectivity index (χ1n) is 14.6. The van der Waals surface area contributed by atoms with Crippen LogP contribution in [0.1, 0.15) is 89.9 Å². The number of unbranched alkanes of at least 4 members (excludes halogenated alkanes) is 2. The van der Waals surface area contributed by atoms with E-state index < -0.39 is 11.3 Å². The first kappa shape index (κ1) is 30.7. The normalized spacial score (nSPS) is 17.8. The summed E-state index contributed by atoms with van der Waals surface area (Å²) >= 11 is 0. The van der Waals surface area contributed by atoms with Crippen LogP contribution in [0, 0.1) is 0 Å². The number of carbonyl (C=O) groups excluding carboxylic acids is 1. The predicted molar refractivity (Wildman–Crippen MR) is 157 cm³/mol. The summed E-state index contributed by atoms with van der Waals surface area (Å²) in [4.78, 5) is 19.5. The summed E-state index contributed by atoms with van der Waals surface area (Å²) in [5.41, 5.74) is 1.03. The Bertz CT molecular complexity index is 1270. The maximum Gasteiger partial charge on any atom is 0.322 e. The van der Waals surface area contributed by atoms with Gasteiger partial charge in [0, 0.05) is 24.7 Å². The summed E-state index contributed by atoms with van der Waals surface area (Å²) in [5.74, 6) is 0.475. The number of hydrogen-bond acceptors (Lipinski definition) is 6. The van der Waals surface area contributed by atoms with E-state index in [2.05, 4.69) is 15.5 Å². The van der Waals surface area contributed by atoms with Crippen LogP contribution in [0.3, 0.4) is 0 Å². The number of alkyl halides is 1. The molecule has 0 bridgehead atoms. The fourth-order valence-corrected chi connectivity index (χ4v) is 5.07. The van der Waals surface area contributed by atoms with Gasteiger partial charge in [-0.1, -0.05) is 48.0 Å². The van der Waals surface area contributed by atoms with E-state index in [1.807, 2.05) is 48.5 Å². The van der Waals surface area contributed by atoms with Gasteiger partial charge in [-0.25, -0.2) is 9.18 Å². The van der Waals surface area contributed by atoms with Crippen LogP contribution in [-0.4, -0.2) is 45.1 Å². The Balaban J connectivity index is 1.43. The van der Waals surface area contributed by atoms with E-state index in [4.69, 9.17) is 4.52 Å². The number of aliphatic hydroxyl groups excluding tert-OH is 1. The lowest BCUT2D eigenvalue weighted by Gasteiger charge is -2.30. The molecule has 0 atom stereocenters. The van der Waals surface area contributed by atoms with Crippen molar-refractivity contribution < 1.29 is 23.9 Å². The van der Waals surface area contributed by atoms with E-state index in [1.54, 1.807) is 18.7 Å². The molecule has 41 heavy (non-hydrogen) atoms. The lowest BCUT2D eigenvalue weighted by atomic mass is 9.93. The van der Waals surface area contributed by atoms with Gasteiger partial charge in [-0.3, -0.25) is 4.90 Å². The van der Waals surface area contributed by atoms with E-state index in [1.165, 1.54) is 13.8 Å². The van der Waals surface area contributed by atoms with Crippen LogP contribution in [0.5, 0.6) is 0 Å². The van der Waals surface area contributed by atoms with Crippen molar-refractivity contribution in [2.75, 3.05) is 11.4 Å². The Morgan fingerprint density at radius 1 is 1.02 bits per heavy atom. The molecule has 0 radical (unpaired) electrons. The number of hydrogen-bond donors (Lipinski definition) is 3. The van der Waals surface area contributed by atoms with Gasteiger partial charge < -0.3 is 20.1 Å². The summed E-state index contributed by atoms with van der Waals surface area (Å²) in [5, 5.41) is 27.2. The van der Waals surface area contributed by atoms with Gasteiger partial charge in [0.15, 0.2) is 11.5 Å². The topological polar surface area (TPSA) is 112 Å². The number of amides is 2. The van der Waals surface area contributed by atoms with Crippen molar-refractivity contribution in [2.45, 2.75) is 102 Å². The SMILES string of the molecule is CC(C)(O)c1ccc(-c2cccc(N(CCCCCc3noc(C(C)(C)F)n3)C(=O)NC3CCC(O)CC3)c2)cc1. The molecule has 0 saturated heterocycles. The smallest absolute Gasteiger partial charge is 0.322 e. The summed E-state index contributed by atoms with van der Waals surface area (Å²) in [7, 11) is 0. The van der Waals surface area contributed by atoms with Gasteiger partial charge in [0.05, 0.1) is 11.7 Å². The van der Waals surface area contributed by atoms with E-state index in [9.17, 15) is 19.4 Å². The number of carbonyl (C=O) groups is 1. The average Bonchev–Trinajstić information content (AvgIpc) is 3.41. The van der Waals surface area contributed by atoms with Gasteiger partial charge in [-0.2, -0.15) is 4.98 Å². The average molecular weight is 567 g/mol. The lowest BCUT2D eigenvalue weighted by Crippen LogP contribution is -2.47. The van der Waals surface area contributed by atoms with E-state index in [0.29, 0.717) is 31.6 Å². The molecule has 2 aromatic carbocycles. The molecule has 222 valence electrons. The number of rotatable bonds is 11. The largest absolute Gasteiger partial charge is 0.393 e. The van der Waals surface area contributed by atoms with E-state index >= 15 is 0 Å². The van der Waals surface area contributed by atoms with Gasteiger partial charge >= 0.3 is 6.03 Å². The van der Waals surface area contributed by atoms with Crippen LogP contribution in [0.25, 0.3) is 11.1 Å². The highest BCUT2D eigenvalue weighted by Crippen LogP contribution is 2.29. The standard InChI is InChI=1S/C32H43FN4O4/c1-31(2,33)29-35-28(36-41-29)11-6-5-7-20-37(30(39)34-25-16-18-27(38)19-17-25)26-10-8-9-23(21-26)22-12-14-24(15-13-22)32(3,4)40/h8-10,12-15,21,25,27,38,40H,5-7,11,16-20H2,1-4H3,(H,34,39). The third-order valence-corrected chi connectivity index (χ3v) is 7.61. The van der Waals surface area contributed by atoms with Gasteiger partial charge in [-0.05, 0) is 95.0 Å². The Morgan fingerprint density at radius 3 is 2.37 bits per heavy atom. The highest BCUT2D eigenvalue weighted by Gasteiger charge is 2.27. The highest BCUT2D eigenvalue weighted by atomic mass is 19.1. The fourth-order valence-electron chi connectivity index (χ4n) is 5.07. The zero-order valence-electron chi connectivity index (χ0n) is 24.6. The van der Waals surface area contributed by atoms with Crippen LogP contribution < -0.4 is 10.2 Å². The van der Waals surface area contributed by atoms with Crippen LogP contribution >= 0.6 is 0 Å². The molecular formula is C32H43FN4O4. The molecule has 1 saturated carbocycles.